The molecule has 0 bridgehead atoms. The van der Waals surface area contributed by atoms with Crippen molar-refractivity contribution in [1.82, 2.24) is 15.5 Å². The maximum Gasteiger partial charge on any atom is 0.0623 e. The van der Waals surface area contributed by atoms with Crippen molar-refractivity contribution in [3.05, 3.63) is 0 Å². The first-order chi connectivity index (χ1) is 10.3. The highest BCUT2D eigenvalue weighted by Gasteiger charge is 2.34. The van der Waals surface area contributed by atoms with E-state index in [-0.39, 0.29) is 12.4 Å². The van der Waals surface area contributed by atoms with Crippen LogP contribution in [0.5, 0.6) is 0 Å². The van der Waals surface area contributed by atoms with Gasteiger partial charge in [-0.15, -0.1) is 12.4 Å². The summed E-state index contributed by atoms with van der Waals surface area (Å²) in [4.78, 5) is 2.54. The summed E-state index contributed by atoms with van der Waals surface area (Å²) < 4.78 is 11.1. The molecule has 0 aromatic rings. The molecule has 0 aromatic heterocycles. The predicted octanol–water partition coefficient (Wildman–Crippen LogP) is 0.876. The van der Waals surface area contributed by atoms with Gasteiger partial charge in [0.25, 0.3) is 0 Å². The summed E-state index contributed by atoms with van der Waals surface area (Å²) in [5.41, 5.74) is 0. The van der Waals surface area contributed by atoms with E-state index in [4.69, 9.17) is 9.47 Å². The minimum absolute atomic E-state index is 0. The van der Waals surface area contributed by atoms with Gasteiger partial charge in [0.15, 0.2) is 0 Å². The predicted molar refractivity (Wildman–Crippen MR) is 90.8 cm³/mol. The van der Waals surface area contributed by atoms with Crippen molar-refractivity contribution in [2.24, 2.45) is 5.92 Å². The third-order valence-electron chi connectivity index (χ3n) is 5.38. The number of halogens is 1. The van der Waals surface area contributed by atoms with E-state index in [1.165, 1.54) is 19.3 Å². The molecule has 3 rings (SSSR count). The van der Waals surface area contributed by atoms with E-state index in [0.717, 1.165) is 58.5 Å². The Balaban J connectivity index is 0.00000176. The summed E-state index contributed by atoms with van der Waals surface area (Å²) in [5.74, 6) is 0.738. The van der Waals surface area contributed by atoms with E-state index < -0.39 is 0 Å². The van der Waals surface area contributed by atoms with Crippen LogP contribution >= 0.6 is 12.4 Å². The third-order valence-corrected chi connectivity index (χ3v) is 5.38. The fourth-order valence-electron chi connectivity index (χ4n) is 4.05. The van der Waals surface area contributed by atoms with E-state index in [9.17, 15) is 0 Å². The molecular weight excluding hydrogens is 302 g/mol. The van der Waals surface area contributed by atoms with E-state index in [1.807, 2.05) is 0 Å². The average molecular weight is 334 g/mol. The molecule has 0 radical (unpaired) electrons. The molecule has 4 unspecified atom stereocenters. The number of hydrogen-bond acceptors (Lipinski definition) is 5. The Morgan fingerprint density at radius 3 is 2.73 bits per heavy atom. The van der Waals surface area contributed by atoms with Crippen LogP contribution in [0.4, 0.5) is 0 Å². The summed E-state index contributed by atoms with van der Waals surface area (Å²) in [6.45, 7) is 10.1. The molecule has 4 atom stereocenters. The second-order valence-electron chi connectivity index (χ2n) is 6.74. The van der Waals surface area contributed by atoms with E-state index >= 15 is 0 Å². The Hall–Kier alpha value is 0.0900. The standard InChI is InChI=1S/C16H31N3O2.ClH/c1-13(19-6-9-20-10-7-19)11-18-15-4-2-3-14(15)16-12-21-8-5-17-16;/h13-18H,2-12H2,1H3;1H. The van der Waals surface area contributed by atoms with Crippen molar-refractivity contribution in [3.63, 3.8) is 0 Å². The van der Waals surface area contributed by atoms with Crippen LogP contribution < -0.4 is 10.6 Å². The van der Waals surface area contributed by atoms with Crippen molar-refractivity contribution in [2.75, 3.05) is 52.6 Å². The van der Waals surface area contributed by atoms with Crippen molar-refractivity contribution in [3.8, 4) is 0 Å². The fraction of sp³-hybridized carbons (Fsp3) is 1.00. The lowest BCUT2D eigenvalue weighted by Gasteiger charge is -2.36. The summed E-state index contributed by atoms with van der Waals surface area (Å²) in [7, 11) is 0. The van der Waals surface area contributed by atoms with Gasteiger partial charge in [0.2, 0.25) is 0 Å². The Morgan fingerprint density at radius 1 is 1.18 bits per heavy atom. The maximum absolute atomic E-state index is 5.65. The number of hydrogen-bond donors (Lipinski definition) is 2. The van der Waals surface area contributed by atoms with Crippen LogP contribution in [0.3, 0.4) is 0 Å². The van der Waals surface area contributed by atoms with Crippen LogP contribution in [0.1, 0.15) is 26.2 Å². The molecule has 0 aromatic carbocycles. The molecule has 2 N–H and O–H groups in total. The highest BCUT2D eigenvalue weighted by molar-refractivity contribution is 5.85. The monoisotopic (exact) mass is 333 g/mol. The van der Waals surface area contributed by atoms with Crippen LogP contribution in [-0.4, -0.2) is 75.6 Å². The van der Waals surface area contributed by atoms with Crippen LogP contribution in [-0.2, 0) is 9.47 Å². The van der Waals surface area contributed by atoms with Crippen LogP contribution in [0.15, 0.2) is 0 Å². The molecule has 6 heteroatoms. The number of ether oxygens (including phenoxy) is 2. The molecule has 1 aliphatic carbocycles. The van der Waals surface area contributed by atoms with Crippen LogP contribution in [0.2, 0.25) is 0 Å². The largest absolute Gasteiger partial charge is 0.379 e. The molecule has 130 valence electrons. The molecule has 0 amide bonds. The molecule has 2 aliphatic heterocycles. The molecule has 22 heavy (non-hydrogen) atoms. The second-order valence-corrected chi connectivity index (χ2v) is 6.74. The summed E-state index contributed by atoms with van der Waals surface area (Å²) in [6.07, 6.45) is 4.01. The van der Waals surface area contributed by atoms with Crippen molar-refractivity contribution in [2.45, 2.75) is 44.3 Å². The summed E-state index contributed by atoms with van der Waals surface area (Å²) in [5, 5.41) is 7.50. The molecular formula is C16H32ClN3O2. The van der Waals surface area contributed by atoms with Gasteiger partial charge in [-0.05, 0) is 25.7 Å². The van der Waals surface area contributed by atoms with Crippen molar-refractivity contribution >= 4 is 12.4 Å². The molecule has 5 nitrogen and oxygen atoms in total. The number of morpholine rings is 2. The van der Waals surface area contributed by atoms with Gasteiger partial charge in [-0.3, -0.25) is 4.90 Å². The molecule has 2 saturated heterocycles. The highest BCUT2D eigenvalue weighted by Crippen LogP contribution is 2.29. The van der Waals surface area contributed by atoms with Crippen molar-refractivity contribution in [1.29, 1.82) is 0 Å². The van der Waals surface area contributed by atoms with E-state index in [0.29, 0.717) is 18.1 Å². The lowest BCUT2D eigenvalue weighted by Crippen LogP contribution is -2.53. The Morgan fingerprint density at radius 2 is 2.00 bits per heavy atom. The normalized spacial score (nSPS) is 35.0. The van der Waals surface area contributed by atoms with Crippen molar-refractivity contribution < 1.29 is 9.47 Å². The number of rotatable bonds is 5. The minimum Gasteiger partial charge on any atom is -0.379 e. The Bertz CT molecular complexity index is 310. The zero-order valence-corrected chi connectivity index (χ0v) is 14.6. The molecule has 3 aliphatic rings. The van der Waals surface area contributed by atoms with Gasteiger partial charge < -0.3 is 20.1 Å². The van der Waals surface area contributed by atoms with Gasteiger partial charge >= 0.3 is 0 Å². The first-order valence-corrected chi connectivity index (χ1v) is 8.71. The lowest BCUT2D eigenvalue weighted by atomic mass is 9.94. The second kappa shape index (κ2) is 9.40. The zero-order chi connectivity index (χ0) is 14.5. The maximum atomic E-state index is 5.65. The van der Waals surface area contributed by atoms with Gasteiger partial charge in [-0.1, -0.05) is 6.42 Å². The Labute approximate surface area is 140 Å². The van der Waals surface area contributed by atoms with Gasteiger partial charge in [0.05, 0.1) is 26.4 Å². The highest BCUT2D eigenvalue weighted by atomic mass is 35.5. The van der Waals surface area contributed by atoms with Gasteiger partial charge in [-0.2, -0.15) is 0 Å². The fourth-order valence-corrected chi connectivity index (χ4v) is 4.05. The van der Waals surface area contributed by atoms with Gasteiger partial charge in [0.1, 0.15) is 0 Å². The number of nitrogens with one attached hydrogen (secondary N) is 2. The molecule has 0 spiro atoms. The minimum atomic E-state index is 0. The summed E-state index contributed by atoms with van der Waals surface area (Å²) in [6, 6.07) is 1.82. The first-order valence-electron chi connectivity index (χ1n) is 8.71. The molecule has 3 fully saturated rings. The number of nitrogens with zero attached hydrogens (tertiary/aromatic N) is 1. The Kier molecular flexibility index (Phi) is 7.88. The van der Waals surface area contributed by atoms with Gasteiger partial charge in [-0.25, -0.2) is 0 Å². The lowest BCUT2D eigenvalue weighted by molar-refractivity contribution is 0.0187. The average Bonchev–Trinajstić information content (AvgIpc) is 3.03. The van der Waals surface area contributed by atoms with E-state index in [1.54, 1.807) is 0 Å². The SMILES string of the molecule is CC(CNC1CCCC1C1COCCN1)N1CCOCC1.Cl. The van der Waals surface area contributed by atoms with Crippen LogP contribution in [0.25, 0.3) is 0 Å². The smallest absolute Gasteiger partial charge is 0.0623 e. The van der Waals surface area contributed by atoms with E-state index in [2.05, 4.69) is 22.5 Å². The molecule has 2 heterocycles. The third kappa shape index (κ3) is 4.79. The topological polar surface area (TPSA) is 45.8 Å². The van der Waals surface area contributed by atoms with Gasteiger partial charge in [0, 0.05) is 44.3 Å². The van der Waals surface area contributed by atoms with Crippen LogP contribution in [0, 0.1) is 5.92 Å². The summed E-state index contributed by atoms with van der Waals surface area (Å²) >= 11 is 0. The molecule has 1 saturated carbocycles. The first kappa shape index (κ1) is 18.4. The quantitative estimate of drug-likeness (QED) is 0.782. The zero-order valence-electron chi connectivity index (χ0n) is 13.8.